The van der Waals surface area contributed by atoms with E-state index in [0.29, 0.717) is 12.8 Å². The first-order valence-electron chi connectivity index (χ1n) is 5.49. The predicted molar refractivity (Wildman–Crippen MR) is 58.5 cm³/mol. The van der Waals surface area contributed by atoms with Gasteiger partial charge in [0.25, 0.3) is 0 Å². The Balaban J connectivity index is 4.51. The maximum absolute atomic E-state index is 11.2. The van der Waals surface area contributed by atoms with Gasteiger partial charge in [0, 0.05) is 6.04 Å². The van der Waals surface area contributed by atoms with E-state index in [-0.39, 0.29) is 6.04 Å². The van der Waals surface area contributed by atoms with Gasteiger partial charge in [0.2, 0.25) is 0 Å². The number of hydrogen-bond donors (Lipinski definition) is 2. The van der Waals surface area contributed by atoms with Crippen molar-refractivity contribution in [2.24, 2.45) is 0 Å². The second-order valence-electron chi connectivity index (χ2n) is 4.14. The van der Waals surface area contributed by atoms with Crippen LogP contribution in [0.4, 0.5) is 0 Å². The highest BCUT2D eigenvalue weighted by Gasteiger charge is 2.35. The monoisotopic (exact) mass is 201 g/mol. The standard InChI is InChI=1S/C11H23NO2/c1-5-7-8-11(6-2,10(13)14)12-9(3)4/h9,12H,5-8H2,1-4H3,(H,13,14). The fourth-order valence-corrected chi connectivity index (χ4v) is 1.70. The largest absolute Gasteiger partial charge is 0.480 e. The summed E-state index contributed by atoms with van der Waals surface area (Å²) >= 11 is 0. The minimum atomic E-state index is -0.720. The van der Waals surface area contributed by atoms with Crippen molar-refractivity contribution in [3.63, 3.8) is 0 Å². The van der Waals surface area contributed by atoms with Crippen LogP contribution in [-0.2, 0) is 4.79 Å². The summed E-state index contributed by atoms with van der Waals surface area (Å²) in [7, 11) is 0. The first-order valence-corrected chi connectivity index (χ1v) is 5.49. The van der Waals surface area contributed by atoms with E-state index in [1.54, 1.807) is 0 Å². The van der Waals surface area contributed by atoms with Crippen LogP contribution in [0.25, 0.3) is 0 Å². The number of nitrogens with one attached hydrogen (secondary N) is 1. The Labute approximate surface area is 86.9 Å². The summed E-state index contributed by atoms with van der Waals surface area (Å²) in [5.41, 5.74) is -0.718. The lowest BCUT2D eigenvalue weighted by atomic mass is 9.89. The molecule has 0 aromatic rings. The topological polar surface area (TPSA) is 49.3 Å². The van der Waals surface area contributed by atoms with Gasteiger partial charge in [0.15, 0.2) is 0 Å². The second-order valence-corrected chi connectivity index (χ2v) is 4.14. The Morgan fingerprint density at radius 2 is 2.00 bits per heavy atom. The molecule has 0 fully saturated rings. The van der Waals surface area contributed by atoms with Gasteiger partial charge in [-0.25, -0.2) is 0 Å². The van der Waals surface area contributed by atoms with Crippen LogP contribution in [0.3, 0.4) is 0 Å². The van der Waals surface area contributed by atoms with Crippen molar-refractivity contribution in [3.8, 4) is 0 Å². The van der Waals surface area contributed by atoms with Gasteiger partial charge in [-0.15, -0.1) is 0 Å². The van der Waals surface area contributed by atoms with Crippen molar-refractivity contribution in [1.82, 2.24) is 5.32 Å². The molecule has 0 bridgehead atoms. The van der Waals surface area contributed by atoms with Crippen LogP contribution in [-0.4, -0.2) is 22.7 Å². The zero-order chi connectivity index (χ0) is 11.2. The number of rotatable bonds is 7. The molecule has 0 saturated heterocycles. The van der Waals surface area contributed by atoms with Crippen LogP contribution < -0.4 is 5.32 Å². The molecule has 0 aromatic heterocycles. The van der Waals surface area contributed by atoms with Gasteiger partial charge < -0.3 is 5.11 Å². The summed E-state index contributed by atoms with van der Waals surface area (Å²) in [4.78, 5) is 11.2. The van der Waals surface area contributed by atoms with E-state index in [1.165, 1.54) is 0 Å². The molecule has 0 radical (unpaired) electrons. The van der Waals surface area contributed by atoms with Gasteiger partial charge in [0.1, 0.15) is 5.54 Å². The molecule has 0 saturated carbocycles. The number of carbonyl (C=O) groups is 1. The van der Waals surface area contributed by atoms with E-state index in [4.69, 9.17) is 0 Å². The molecule has 1 unspecified atom stereocenters. The minimum absolute atomic E-state index is 0.211. The number of unbranched alkanes of at least 4 members (excludes halogenated alkanes) is 1. The Bertz CT molecular complexity index is 180. The fourth-order valence-electron chi connectivity index (χ4n) is 1.70. The second kappa shape index (κ2) is 6.02. The molecule has 14 heavy (non-hydrogen) atoms. The maximum atomic E-state index is 11.2. The van der Waals surface area contributed by atoms with E-state index in [9.17, 15) is 9.90 Å². The summed E-state index contributed by atoms with van der Waals surface area (Å²) in [6, 6.07) is 0.211. The first-order chi connectivity index (χ1) is 6.48. The number of carboxylic acids is 1. The summed E-state index contributed by atoms with van der Waals surface area (Å²) in [6.45, 7) is 7.98. The molecule has 0 amide bonds. The average Bonchev–Trinajstić information content (AvgIpc) is 2.11. The molecule has 0 spiro atoms. The third-order valence-corrected chi connectivity index (χ3v) is 2.54. The van der Waals surface area contributed by atoms with E-state index in [2.05, 4.69) is 12.2 Å². The van der Waals surface area contributed by atoms with Crippen LogP contribution in [0.2, 0.25) is 0 Å². The Kier molecular flexibility index (Phi) is 5.77. The smallest absolute Gasteiger partial charge is 0.323 e. The maximum Gasteiger partial charge on any atom is 0.323 e. The zero-order valence-corrected chi connectivity index (χ0v) is 9.76. The average molecular weight is 201 g/mol. The summed E-state index contributed by atoms with van der Waals surface area (Å²) in [5.74, 6) is -0.720. The van der Waals surface area contributed by atoms with Gasteiger partial charge in [-0.1, -0.05) is 26.7 Å². The molecule has 1 atom stereocenters. The van der Waals surface area contributed by atoms with Crippen molar-refractivity contribution in [2.75, 3.05) is 0 Å². The van der Waals surface area contributed by atoms with Gasteiger partial charge in [-0.05, 0) is 26.7 Å². The summed E-state index contributed by atoms with van der Waals surface area (Å²) in [6.07, 6.45) is 3.35. The normalized spacial score (nSPS) is 15.5. The number of carboxylic acid groups (broad SMARTS) is 1. The molecular formula is C11H23NO2. The molecule has 0 rings (SSSR count). The molecule has 0 aliphatic rings. The van der Waals surface area contributed by atoms with E-state index < -0.39 is 11.5 Å². The Morgan fingerprint density at radius 3 is 2.29 bits per heavy atom. The molecule has 0 aromatic carbocycles. The molecule has 2 N–H and O–H groups in total. The molecular weight excluding hydrogens is 178 g/mol. The number of aliphatic carboxylic acids is 1. The van der Waals surface area contributed by atoms with Crippen molar-refractivity contribution < 1.29 is 9.90 Å². The van der Waals surface area contributed by atoms with E-state index in [1.807, 2.05) is 20.8 Å². The van der Waals surface area contributed by atoms with Gasteiger partial charge in [-0.2, -0.15) is 0 Å². The predicted octanol–water partition coefficient (Wildman–Crippen LogP) is 2.41. The summed E-state index contributed by atoms with van der Waals surface area (Å²) < 4.78 is 0. The molecule has 3 nitrogen and oxygen atoms in total. The SMILES string of the molecule is CCCCC(CC)(NC(C)C)C(=O)O. The van der Waals surface area contributed by atoms with Crippen molar-refractivity contribution in [3.05, 3.63) is 0 Å². The minimum Gasteiger partial charge on any atom is -0.480 e. The van der Waals surface area contributed by atoms with E-state index >= 15 is 0 Å². The van der Waals surface area contributed by atoms with Gasteiger partial charge in [0.05, 0.1) is 0 Å². The molecule has 0 heterocycles. The van der Waals surface area contributed by atoms with Crippen LogP contribution in [0.15, 0.2) is 0 Å². The zero-order valence-electron chi connectivity index (χ0n) is 9.76. The van der Waals surface area contributed by atoms with Crippen LogP contribution in [0, 0.1) is 0 Å². The highest BCUT2D eigenvalue weighted by atomic mass is 16.4. The van der Waals surface area contributed by atoms with Crippen LogP contribution >= 0.6 is 0 Å². The summed E-state index contributed by atoms with van der Waals surface area (Å²) in [5, 5.41) is 12.4. The number of hydrogen-bond acceptors (Lipinski definition) is 2. The van der Waals surface area contributed by atoms with Gasteiger partial charge in [-0.3, -0.25) is 10.1 Å². The molecule has 84 valence electrons. The fraction of sp³-hybridized carbons (Fsp3) is 0.909. The quantitative estimate of drug-likeness (QED) is 0.665. The third kappa shape index (κ3) is 3.66. The van der Waals surface area contributed by atoms with Crippen molar-refractivity contribution in [2.45, 2.75) is 65.0 Å². The Hall–Kier alpha value is -0.570. The molecule has 3 heteroatoms. The highest BCUT2D eigenvalue weighted by molar-refractivity contribution is 5.78. The lowest BCUT2D eigenvalue weighted by Crippen LogP contribution is -2.54. The molecule has 0 aliphatic carbocycles. The van der Waals surface area contributed by atoms with Crippen LogP contribution in [0.1, 0.15) is 53.4 Å². The lowest BCUT2D eigenvalue weighted by molar-refractivity contribution is -0.145. The van der Waals surface area contributed by atoms with Crippen LogP contribution in [0.5, 0.6) is 0 Å². The third-order valence-electron chi connectivity index (χ3n) is 2.54. The van der Waals surface area contributed by atoms with Crippen molar-refractivity contribution >= 4 is 5.97 Å². The van der Waals surface area contributed by atoms with E-state index in [0.717, 1.165) is 12.8 Å². The van der Waals surface area contributed by atoms with Gasteiger partial charge >= 0.3 is 5.97 Å². The molecule has 0 aliphatic heterocycles. The highest BCUT2D eigenvalue weighted by Crippen LogP contribution is 2.19. The first kappa shape index (κ1) is 13.4. The lowest BCUT2D eigenvalue weighted by Gasteiger charge is -2.31. The van der Waals surface area contributed by atoms with Crippen molar-refractivity contribution in [1.29, 1.82) is 0 Å². The Morgan fingerprint density at radius 1 is 1.43 bits per heavy atom.